The Kier molecular flexibility index (Phi) is 8.20. The second kappa shape index (κ2) is 11.4. The molecule has 0 fully saturated rings. The number of amides is 1. The lowest BCUT2D eigenvalue weighted by molar-refractivity contribution is -0.145. The van der Waals surface area contributed by atoms with Gasteiger partial charge in [-0.15, -0.1) is 0 Å². The topological polar surface area (TPSA) is 204 Å². The summed E-state index contributed by atoms with van der Waals surface area (Å²) in [4.78, 5) is 30.0. The molecule has 4 rings (SSSR count). The highest BCUT2D eigenvalue weighted by Crippen LogP contribution is 2.24. The molecule has 0 spiro atoms. The van der Waals surface area contributed by atoms with Crippen LogP contribution in [0.4, 0.5) is 0 Å². The summed E-state index contributed by atoms with van der Waals surface area (Å²) in [6.45, 7) is 4.12. The Morgan fingerprint density at radius 2 is 2.08 bits per heavy atom. The number of benzene rings is 1. The van der Waals surface area contributed by atoms with E-state index in [1.807, 2.05) is 6.21 Å². The van der Waals surface area contributed by atoms with Gasteiger partial charge in [-0.1, -0.05) is 17.3 Å². The van der Waals surface area contributed by atoms with E-state index in [1.54, 1.807) is 12.1 Å². The Balaban J connectivity index is 1.59. The second-order valence-electron chi connectivity index (χ2n) is 8.95. The van der Waals surface area contributed by atoms with Crippen LogP contribution in [0.3, 0.4) is 0 Å². The first kappa shape index (κ1) is 27.4. The molecule has 0 aliphatic carbocycles. The molecule has 2 aromatic heterocycles. The standard InChI is InChI=1S/C23H30N8O6S/c1-14-19(15(2)37-30-14)38(35,36)31-23(21(33)34,9-3-4-10-24-22-25-11-6-12-26-22)28-20(32)17-8-5-7-16-13-27-29-18(16)17/h5,7-8,11,13,22,24,26,31H,3-4,6,9-10,12H2,1-2H3,(H,27,29)(H,28,32)(H,33,34). The van der Waals surface area contributed by atoms with Crippen LogP contribution in [0.15, 0.2) is 38.8 Å². The first-order valence-electron chi connectivity index (χ1n) is 12.1. The molecule has 1 aliphatic rings. The maximum absolute atomic E-state index is 13.4. The average molecular weight is 547 g/mol. The quantitative estimate of drug-likeness (QED) is 0.139. The van der Waals surface area contributed by atoms with E-state index in [1.165, 1.54) is 26.1 Å². The van der Waals surface area contributed by atoms with Crippen molar-refractivity contribution in [2.24, 2.45) is 4.99 Å². The van der Waals surface area contributed by atoms with Crippen LogP contribution in [0.25, 0.3) is 10.9 Å². The molecule has 15 heteroatoms. The number of hydrogen-bond donors (Lipinski definition) is 6. The summed E-state index contributed by atoms with van der Waals surface area (Å²) in [7, 11) is -4.47. The summed E-state index contributed by atoms with van der Waals surface area (Å²) in [5, 5.41) is 30.1. The normalized spacial score (nSPS) is 17.4. The molecule has 0 saturated carbocycles. The number of fused-ring (bicyclic) bond motifs is 1. The van der Waals surface area contributed by atoms with Crippen LogP contribution < -0.4 is 20.7 Å². The number of nitrogens with one attached hydrogen (secondary N) is 5. The van der Waals surface area contributed by atoms with Gasteiger partial charge in [-0.05, 0) is 52.1 Å². The van der Waals surface area contributed by atoms with Crippen molar-refractivity contribution in [1.82, 2.24) is 36.0 Å². The van der Waals surface area contributed by atoms with Gasteiger partial charge in [-0.2, -0.15) is 9.82 Å². The van der Waals surface area contributed by atoms with Gasteiger partial charge in [0.2, 0.25) is 15.7 Å². The molecule has 1 aliphatic heterocycles. The van der Waals surface area contributed by atoms with Crippen LogP contribution in [-0.2, 0) is 14.8 Å². The monoisotopic (exact) mass is 546 g/mol. The first-order valence-corrected chi connectivity index (χ1v) is 13.5. The number of hydrogen-bond acceptors (Lipinski definition) is 10. The highest BCUT2D eigenvalue weighted by Gasteiger charge is 2.45. The van der Waals surface area contributed by atoms with Crippen molar-refractivity contribution in [2.45, 2.75) is 56.4 Å². The number of aryl methyl sites for hydroxylation is 2. The van der Waals surface area contributed by atoms with Gasteiger partial charge in [-0.25, -0.2) is 13.2 Å². The van der Waals surface area contributed by atoms with Crippen molar-refractivity contribution in [3.8, 4) is 0 Å². The Morgan fingerprint density at radius 3 is 2.76 bits per heavy atom. The zero-order valence-corrected chi connectivity index (χ0v) is 21.8. The van der Waals surface area contributed by atoms with E-state index in [4.69, 9.17) is 4.52 Å². The Hall–Kier alpha value is -3.66. The number of para-hydroxylation sites is 1. The minimum atomic E-state index is -4.47. The van der Waals surface area contributed by atoms with Crippen molar-refractivity contribution in [3.05, 3.63) is 41.4 Å². The van der Waals surface area contributed by atoms with E-state index in [-0.39, 0.29) is 41.0 Å². The summed E-state index contributed by atoms with van der Waals surface area (Å²) in [6, 6.07) is 4.85. The number of H-pyrrole nitrogens is 1. The van der Waals surface area contributed by atoms with E-state index in [0.717, 1.165) is 13.0 Å². The number of aromatic nitrogens is 3. The number of aliphatic imine (C=N–C) groups is 1. The predicted molar refractivity (Wildman–Crippen MR) is 137 cm³/mol. The van der Waals surface area contributed by atoms with Crippen molar-refractivity contribution in [2.75, 3.05) is 13.1 Å². The molecule has 2 unspecified atom stereocenters. The zero-order valence-electron chi connectivity index (χ0n) is 20.9. The number of unbranched alkanes of at least 4 members (excludes halogenated alkanes) is 1. The number of aliphatic carboxylic acids is 1. The van der Waals surface area contributed by atoms with Gasteiger partial charge in [-0.3, -0.25) is 25.5 Å². The SMILES string of the molecule is Cc1noc(C)c1S(=O)(=O)NC(CCCCNC1N=CCCN1)(NC(=O)c1cccc2cn[nH]c12)C(=O)O. The number of carboxylic acid groups (broad SMARTS) is 1. The number of aromatic amines is 1. The Labute approximate surface area is 218 Å². The number of rotatable bonds is 12. The van der Waals surface area contributed by atoms with Crippen LogP contribution in [-0.4, -0.2) is 72.0 Å². The van der Waals surface area contributed by atoms with Gasteiger partial charge in [0.25, 0.3) is 5.91 Å². The molecule has 1 aromatic carbocycles. The molecule has 38 heavy (non-hydrogen) atoms. The third kappa shape index (κ3) is 5.91. The fourth-order valence-corrected chi connectivity index (χ4v) is 5.94. The number of sulfonamides is 1. The minimum Gasteiger partial charge on any atom is -0.478 e. The van der Waals surface area contributed by atoms with Crippen molar-refractivity contribution < 1.29 is 27.6 Å². The number of carbonyl (C=O) groups is 2. The molecular formula is C23H30N8O6S. The lowest BCUT2D eigenvalue weighted by Gasteiger charge is -2.31. The lowest BCUT2D eigenvalue weighted by Crippen LogP contribution is -2.65. The van der Waals surface area contributed by atoms with Crippen molar-refractivity contribution >= 4 is 39.0 Å². The van der Waals surface area contributed by atoms with E-state index in [9.17, 15) is 23.1 Å². The number of carbonyl (C=O) groups excluding carboxylic acids is 1. The largest absolute Gasteiger partial charge is 0.478 e. The van der Waals surface area contributed by atoms with Crippen LogP contribution in [0, 0.1) is 13.8 Å². The van der Waals surface area contributed by atoms with Crippen molar-refractivity contribution in [3.63, 3.8) is 0 Å². The van der Waals surface area contributed by atoms with Crippen LogP contribution in [0.1, 0.15) is 47.5 Å². The zero-order chi connectivity index (χ0) is 27.3. The van der Waals surface area contributed by atoms with Crippen LogP contribution in [0.2, 0.25) is 0 Å². The summed E-state index contributed by atoms with van der Waals surface area (Å²) < 4.78 is 33.9. The Bertz CT molecular complexity index is 1430. The van der Waals surface area contributed by atoms with Gasteiger partial charge in [0.05, 0.1) is 17.3 Å². The summed E-state index contributed by atoms with van der Waals surface area (Å²) >= 11 is 0. The van der Waals surface area contributed by atoms with Crippen molar-refractivity contribution in [1.29, 1.82) is 0 Å². The minimum absolute atomic E-state index is 0.00687. The van der Waals surface area contributed by atoms with Gasteiger partial charge in [0.15, 0.2) is 12.0 Å². The number of nitrogens with zero attached hydrogens (tertiary/aromatic N) is 3. The third-order valence-electron chi connectivity index (χ3n) is 6.14. The summed E-state index contributed by atoms with van der Waals surface area (Å²) in [6.07, 6.45) is 4.46. The molecule has 14 nitrogen and oxygen atoms in total. The Morgan fingerprint density at radius 1 is 1.26 bits per heavy atom. The fraction of sp³-hybridized carbons (Fsp3) is 0.435. The van der Waals surface area contributed by atoms with E-state index >= 15 is 0 Å². The van der Waals surface area contributed by atoms with Gasteiger partial charge < -0.3 is 14.9 Å². The maximum Gasteiger partial charge on any atom is 0.345 e. The first-order chi connectivity index (χ1) is 18.1. The molecule has 6 N–H and O–H groups in total. The molecule has 0 bridgehead atoms. The molecular weight excluding hydrogens is 516 g/mol. The molecule has 0 radical (unpaired) electrons. The highest BCUT2D eigenvalue weighted by atomic mass is 32.2. The van der Waals surface area contributed by atoms with Gasteiger partial charge >= 0.3 is 5.97 Å². The summed E-state index contributed by atoms with van der Waals surface area (Å²) in [5.41, 5.74) is -1.80. The predicted octanol–water partition coefficient (Wildman–Crippen LogP) is 0.765. The maximum atomic E-state index is 13.4. The second-order valence-corrected chi connectivity index (χ2v) is 10.6. The number of carboxylic acids is 1. The molecule has 204 valence electrons. The molecule has 1 amide bonds. The molecule has 3 heterocycles. The molecule has 3 aromatic rings. The molecule has 0 saturated heterocycles. The van der Waals surface area contributed by atoms with Gasteiger partial charge in [0, 0.05) is 18.1 Å². The average Bonchev–Trinajstić information content (AvgIpc) is 3.50. The van der Waals surface area contributed by atoms with Crippen LogP contribution >= 0.6 is 0 Å². The van der Waals surface area contributed by atoms with E-state index < -0.39 is 27.6 Å². The van der Waals surface area contributed by atoms with Crippen LogP contribution in [0.5, 0.6) is 0 Å². The summed E-state index contributed by atoms with van der Waals surface area (Å²) in [5.74, 6) is -2.36. The van der Waals surface area contributed by atoms with E-state index in [0.29, 0.717) is 23.9 Å². The lowest BCUT2D eigenvalue weighted by atomic mass is 10.0. The van der Waals surface area contributed by atoms with Gasteiger partial charge in [0.1, 0.15) is 10.6 Å². The smallest absolute Gasteiger partial charge is 0.345 e. The van der Waals surface area contributed by atoms with E-state index in [2.05, 4.69) is 41.0 Å². The highest BCUT2D eigenvalue weighted by molar-refractivity contribution is 7.89. The molecule has 2 atom stereocenters. The fourth-order valence-electron chi connectivity index (χ4n) is 4.30. The third-order valence-corrected chi connectivity index (χ3v) is 7.88.